The van der Waals surface area contributed by atoms with Crippen LogP contribution < -0.4 is 10.6 Å². The number of hydrogen-bond donors (Lipinski definition) is 2. The fraction of sp³-hybridized carbons (Fsp3) is 0.462. The third kappa shape index (κ3) is 5.68. The molecule has 0 unspecified atom stereocenters. The van der Waals surface area contributed by atoms with Gasteiger partial charge in [0.05, 0.1) is 10.7 Å². The second-order valence-electron chi connectivity index (χ2n) is 4.03. The van der Waals surface area contributed by atoms with Gasteiger partial charge in [-0.1, -0.05) is 37.0 Å². The summed E-state index contributed by atoms with van der Waals surface area (Å²) in [5.74, 6) is 0. The van der Waals surface area contributed by atoms with Crippen LogP contribution in [-0.2, 0) is 0 Å². The topological polar surface area (TPSA) is 44.4 Å². The summed E-state index contributed by atoms with van der Waals surface area (Å²) in [5, 5.41) is 6.45. The van der Waals surface area contributed by atoms with Crippen molar-refractivity contribution < 1.29 is 4.79 Å². The molecular weight excluding hydrogens is 285 g/mol. The number of hydrogen-bond acceptors (Lipinski definition) is 2. The Hall–Kier alpha value is -0.970. The second kappa shape index (κ2) is 8.25. The molecule has 0 aromatic heterocycles. The second-order valence-corrected chi connectivity index (χ2v) is 4.88. The minimum absolute atomic E-state index is 0.281. The maximum absolute atomic E-state index is 11.7. The average Bonchev–Trinajstić information content (AvgIpc) is 2.39. The Bertz CT molecular complexity index is 422. The highest BCUT2D eigenvalue weighted by Crippen LogP contribution is 2.25. The van der Waals surface area contributed by atoms with Crippen LogP contribution in [0.2, 0.25) is 10.0 Å². The molecule has 2 N–H and O–H groups in total. The van der Waals surface area contributed by atoms with Crippen LogP contribution in [0, 0.1) is 0 Å². The minimum Gasteiger partial charge on any atom is -0.337 e. The average molecular weight is 304 g/mol. The van der Waals surface area contributed by atoms with Crippen molar-refractivity contribution in [1.82, 2.24) is 10.2 Å². The van der Waals surface area contributed by atoms with Crippen molar-refractivity contribution >= 4 is 34.9 Å². The summed E-state index contributed by atoms with van der Waals surface area (Å²) in [7, 11) is 0. The molecule has 0 bridgehead atoms. The van der Waals surface area contributed by atoms with Crippen LogP contribution in [0.4, 0.5) is 10.5 Å². The molecule has 4 nitrogen and oxygen atoms in total. The van der Waals surface area contributed by atoms with Gasteiger partial charge >= 0.3 is 6.03 Å². The van der Waals surface area contributed by atoms with Crippen LogP contribution in [0.3, 0.4) is 0 Å². The number of amides is 2. The highest BCUT2D eigenvalue weighted by Gasteiger charge is 2.06. The lowest BCUT2D eigenvalue weighted by Crippen LogP contribution is -2.36. The first-order chi connectivity index (χ1) is 9.06. The van der Waals surface area contributed by atoms with Gasteiger partial charge in [-0.2, -0.15) is 0 Å². The van der Waals surface area contributed by atoms with Crippen molar-refractivity contribution in [2.45, 2.75) is 13.8 Å². The SMILES string of the molecule is CCN(CC)CCNC(=O)Nc1cc(Cl)ccc1Cl. The van der Waals surface area contributed by atoms with E-state index in [2.05, 4.69) is 29.4 Å². The van der Waals surface area contributed by atoms with Crippen LogP contribution in [0.5, 0.6) is 0 Å². The number of carbonyl (C=O) groups excluding carboxylic acids is 1. The van der Waals surface area contributed by atoms with Gasteiger partial charge in [0.2, 0.25) is 0 Å². The molecule has 6 heteroatoms. The molecule has 0 fully saturated rings. The molecule has 1 aromatic rings. The van der Waals surface area contributed by atoms with E-state index < -0.39 is 0 Å². The summed E-state index contributed by atoms with van der Waals surface area (Å²) in [5.41, 5.74) is 0.509. The van der Waals surface area contributed by atoms with Crippen molar-refractivity contribution in [3.05, 3.63) is 28.2 Å². The number of benzene rings is 1. The zero-order chi connectivity index (χ0) is 14.3. The fourth-order valence-electron chi connectivity index (χ4n) is 1.63. The van der Waals surface area contributed by atoms with Gasteiger partial charge in [0.25, 0.3) is 0 Å². The molecule has 0 aliphatic carbocycles. The van der Waals surface area contributed by atoms with Gasteiger partial charge in [0.1, 0.15) is 0 Å². The molecule has 0 radical (unpaired) electrons. The van der Waals surface area contributed by atoms with Crippen LogP contribution in [0.1, 0.15) is 13.8 Å². The Morgan fingerprint density at radius 2 is 1.95 bits per heavy atom. The minimum atomic E-state index is -0.281. The molecule has 106 valence electrons. The van der Waals surface area contributed by atoms with Gasteiger partial charge in [-0.25, -0.2) is 4.79 Å². The fourth-order valence-corrected chi connectivity index (χ4v) is 1.96. The molecule has 0 aliphatic rings. The first-order valence-corrected chi connectivity index (χ1v) is 7.04. The summed E-state index contributed by atoms with van der Waals surface area (Å²) >= 11 is 11.8. The van der Waals surface area contributed by atoms with E-state index in [1.54, 1.807) is 18.2 Å². The van der Waals surface area contributed by atoms with Gasteiger partial charge < -0.3 is 15.5 Å². The third-order valence-corrected chi connectivity index (χ3v) is 3.35. The van der Waals surface area contributed by atoms with Gasteiger partial charge in [-0.05, 0) is 31.3 Å². The third-order valence-electron chi connectivity index (χ3n) is 2.78. The molecule has 1 rings (SSSR count). The van der Waals surface area contributed by atoms with E-state index in [0.717, 1.165) is 19.6 Å². The molecular formula is C13H19Cl2N3O. The van der Waals surface area contributed by atoms with E-state index >= 15 is 0 Å². The Balaban J connectivity index is 2.41. The van der Waals surface area contributed by atoms with Crippen molar-refractivity contribution in [3.8, 4) is 0 Å². The zero-order valence-electron chi connectivity index (χ0n) is 11.2. The number of rotatable bonds is 6. The van der Waals surface area contributed by atoms with Crippen molar-refractivity contribution in [1.29, 1.82) is 0 Å². The van der Waals surface area contributed by atoms with E-state index in [1.165, 1.54) is 0 Å². The molecule has 2 amide bonds. The summed E-state index contributed by atoms with van der Waals surface area (Å²) in [6.07, 6.45) is 0. The Labute approximate surface area is 124 Å². The maximum atomic E-state index is 11.7. The first kappa shape index (κ1) is 16.1. The highest BCUT2D eigenvalue weighted by atomic mass is 35.5. The predicted molar refractivity (Wildman–Crippen MR) is 81.3 cm³/mol. The van der Waals surface area contributed by atoms with Crippen molar-refractivity contribution in [2.75, 3.05) is 31.5 Å². The van der Waals surface area contributed by atoms with E-state index in [1.807, 2.05) is 0 Å². The largest absolute Gasteiger partial charge is 0.337 e. The van der Waals surface area contributed by atoms with Crippen LogP contribution >= 0.6 is 23.2 Å². The summed E-state index contributed by atoms with van der Waals surface area (Å²) < 4.78 is 0. The lowest BCUT2D eigenvalue weighted by molar-refractivity contribution is 0.248. The number of anilines is 1. The molecule has 19 heavy (non-hydrogen) atoms. The number of urea groups is 1. The molecule has 0 aliphatic heterocycles. The Morgan fingerprint density at radius 3 is 2.58 bits per heavy atom. The van der Waals surface area contributed by atoms with Crippen molar-refractivity contribution in [3.63, 3.8) is 0 Å². The normalized spacial score (nSPS) is 10.6. The van der Waals surface area contributed by atoms with Crippen LogP contribution in [0.15, 0.2) is 18.2 Å². The summed E-state index contributed by atoms with van der Waals surface area (Å²) in [6.45, 7) is 7.54. The summed E-state index contributed by atoms with van der Waals surface area (Å²) in [6, 6.07) is 4.66. The number of nitrogens with one attached hydrogen (secondary N) is 2. The van der Waals surface area contributed by atoms with Gasteiger partial charge in [0, 0.05) is 18.1 Å². The lowest BCUT2D eigenvalue weighted by Gasteiger charge is -2.18. The van der Waals surface area contributed by atoms with Gasteiger partial charge in [-0.3, -0.25) is 0 Å². The quantitative estimate of drug-likeness (QED) is 0.845. The zero-order valence-corrected chi connectivity index (χ0v) is 12.7. The maximum Gasteiger partial charge on any atom is 0.319 e. The molecule has 0 heterocycles. The van der Waals surface area contributed by atoms with E-state index in [4.69, 9.17) is 23.2 Å². The van der Waals surface area contributed by atoms with Crippen LogP contribution in [0.25, 0.3) is 0 Å². The Morgan fingerprint density at radius 1 is 1.26 bits per heavy atom. The molecule has 0 saturated carbocycles. The number of likely N-dealkylation sites (N-methyl/N-ethyl adjacent to an activating group) is 1. The standard InChI is InChI=1S/C13H19Cl2N3O/c1-3-18(4-2)8-7-16-13(19)17-12-9-10(14)5-6-11(12)15/h5-6,9H,3-4,7-8H2,1-2H3,(H2,16,17,19). The predicted octanol–water partition coefficient (Wildman–Crippen LogP) is 3.46. The lowest BCUT2D eigenvalue weighted by atomic mass is 10.3. The number of halogens is 2. The van der Waals surface area contributed by atoms with E-state index in [-0.39, 0.29) is 6.03 Å². The molecule has 0 saturated heterocycles. The first-order valence-electron chi connectivity index (χ1n) is 6.29. The molecule has 0 atom stereocenters. The molecule has 1 aromatic carbocycles. The summed E-state index contributed by atoms with van der Waals surface area (Å²) in [4.78, 5) is 13.9. The molecule has 0 spiro atoms. The number of nitrogens with zero attached hydrogens (tertiary/aromatic N) is 1. The smallest absolute Gasteiger partial charge is 0.319 e. The number of carbonyl (C=O) groups is 1. The van der Waals surface area contributed by atoms with E-state index in [9.17, 15) is 4.79 Å². The van der Waals surface area contributed by atoms with Crippen molar-refractivity contribution in [2.24, 2.45) is 0 Å². The van der Waals surface area contributed by atoms with Gasteiger partial charge in [-0.15, -0.1) is 0 Å². The van der Waals surface area contributed by atoms with Gasteiger partial charge in [0.15, 0.2) is 0 Å². The highest BCUT2D eigenvalue weighted by molar-refractivity contribution is 6.35. The van der Waals surface area contributed by atoms with E-state index in [0.29, 0.717) is 22.3 Å². The Kier molecular flexibility index (Phi) is 6.99. The van der Waals surface area contributed by atoms with Crippen LogP contribution in [-0.4, -0.2) is 37.1 Å². The monoisotopic (exact) mass is 303 g/mol.